The summed E-state index contributed by atoms with van der Waals surface area (Å²) >= 11 is 0. The van der Waals surface area contributed by atoms with Crippen molar-refractivity contribution in [2.75, 3.05) is 33.4 Å². The van der Waals surface area contributed by atoms with Gasteiger partial charge in [-0.05, 0) is 12.1 Å². The average Bonchev–Trinajstić information content (AvgIpc) is 3.08. The number of ether oxygens (including phenoxy) is 1. The lowest BCUT2D eigenvalue weighted by Gasteiger charge is -2.08. The van der Waals surface area contributed by atoms with Gasteiger partial charge in [-0.25, -0.2) is 0 Å². The molecular formula is C17H24N4O3. The summed E-state index contributed by atoms with van der Waals surface area (Å²) in [6, 6.07) is 7.22. The molecule has 1 aromatic carbocycles. The summed E-state index contributed by atoms with van der Waals surface area (Å²) in [4.78, 5) is 16.8. The largest absolute Gasteiger partial charge is 0.383 e. The molecule has 0 saturated carbocycles. The molecule has 0 radical (unpaired) electrons. The van der Waals surface area contributed by atoms with Gasteiger partial charge in [0.05, 0.1) is 17.7 Å². The Morgan fingerprint density at radius 2 is 2.04 bits per heavy atom. The zero-order valence-electron chi connectivity index (χ0n) is 14.3. The molecule has 130 valence electrons. The maximum Gasteiger partial charge on any atom is 0.258 e. The second-order valence-electron chi connectivity index (χ2n) is 5.66. The Kier molecular flexibility index (Phi) is 6.89. The molecule has 7 nitrogen and oxygen atoms in total. The lowest BCUT2D eigenvalue weighted by molar-refractivity contribution is 0.0954. The number of aromatic nitrogens is 2. The van der Waals surface area contributed by atoms with E-state index in [1.54, 1.807) is 13.2 Å². The molecule has 0 aliphatic carbocycles. The van der Waals surface area contributed by atoms with E-state index in [0.717, 1.165) is 6.54 Å². The highest BCUT2D eigenvalue weighted by Gasteiger charge is 2.18. The minimum atomic E-state index is -0.163. The molecule has 0 aliphatic heterocycles. The van der Waals surface area contributed by atoms with Crippen LogP contribution in [0.5, 0.6) is 0 Å². The summed E-state index contributed by atoms with van der Waals surface area (Å²) in [6.07, 6.45) is 0. The summed E-state index contributed by atoms with van der Waals surface area (Å²) in [6.45, 7) is 6.58. The highest BCUT2D eigenvalue weighted by molar-refractivity contribution is 5.99. The first kappa shape index (κ1) is 18.1. The van der Waals surface area contributed by atoms with Crippen molar-refractivity contribution in [3.63, 3.8) is 0 Å². The molecule has 0 fully saturated rings. The lowest BCUT2D eigenvalue weighted by atomic mass is 10.1. The number of amides is 1. The van der Waals surface area contributed by atoms with Crippen LogP contribution in [0.25, 0.3) is 11.5 Å². The van der Waals surface area contributed by atoms with Crippen LogP contribution in [0.3, 0.4) is 0 Å². The van der Waals surface area contributed by atoms with Crippen LogP contribution < -0.4 is 10.6 Å². The van der Waals surface area contributed by atoms with Gasteiger partial charge in [0.1, 0.15) is 0 Å². The number of hydrogen-bond acceptors (Lipinski definition) is 6. The van der Waals surface area contributed by atoms with Crippen molar-refractivity contribution in [3.05, 3.63) is 35.7 Å². The van der Waals surface area contributed by atoms with E-state index in [4.69, 9.17) is 9.26 Å². The SMILES string of the molecule is COCCNCCNC(=O)c1ccccc1-c1nc(C(C)C)no1. The summed E-state index contributed by atoms with van der Waals surface area (Å²) in [5, 5.41) is 10.0. The predicted molar refractivity (Wildman–Crippen MR) is 90.9 cm³/mol. The van der Waals surface area contributed by atoms with Crippen molar-refractivity contribution in [1.29, 1.82) is 0 Å². The minimum absolute atomic E-state index is 0.163. The predicted octanol–water partition coefficient (Wildman–Crippen LogP) is 1.83. The third-order valence-corrected chi connectivity index (χ3v) is 3.43. The zero-order chi connectivity index (χ0) is 17.4. The molecule has 24 heavy (non-hydrogen) atoms. The molecule has 2 N–H and O–H groups in total. The average molecular weight is 332 g/mol. The van der Waals surface area contributed by atoms with Crippen molar-refractivity contribution in [2.24, 2.45) is 0 Å². The summed E-state index contributed by atoms with van der Waals surface area (Å²) in [5.41, 5.74) is 1.16. The van der Waals surface area contributed by atoms with Gasteiger partial charge in [-0.15, -0.1) is 0 Å². The van der Waals surface area contributed by atoms with E-state index in [1.807, 2.05) is 32.0 Å². The smallest absolute Gasteiger partial charge is 0.258 e. The molecule has 0 saturated heterocycles. The van der Waals surface area contributed by atoms with Crippen LogP contribution in [0.15, 0.2) is 28.8 Å². The Morgan fingerprint density at radius 1 is 1.25 bits per heavy atom. The first-order chi connectivity index (χ1) is 11.6. The highest BCUT2D eigenvalue weighted by atomic mass is 16.5. The van der Waals surface area contributed by atoms with E-state index in [-0.39, 0.29) is 11.8 Å². The molecular weight excluding hydrogens is 308 g/mol. The summed E-state index contributed by atoms with van der Waals surface area (Å²) in [7, 11) is 1.66. The van der Waals surface area contributed by atoms with Gasteiger partial charge in [-0.1, -0.05) is 31.1 Å². The number of nitrogens with one attached hydrogen (secondary N) is 2. The molecule has 2 rings (SSSR count). The Balaban J connectivity index is 2.01. The van der Waals surface area contributed by atoms with Gasteiger partial charge in [0, 0.05) is 32.7 Å². The molecule has 7 heteroatoms. The molecule has 0 bridgehead atoms. The van der Waals surface area contributed by atoms with Gasteiger partial charge >= 0.3 is 0 Å². The van der Waals surface area contributed by atoms with E-state index in [1.165, 1.54) is 0 Å². The van der Waals surface area contributed by atoms with Crippen LogP contribution in [-0.2, 0) is 4.74 Å². The Hall–Kier alpha value is -2.25. The molecule has 1 aromatic heterocycles. The fraction of sp³-hybridized carbons (Fsp3) is 0.471. The second-order valence-corrected chi connectivity index (χ2v) is 5.66. The minimum Gasteiger partial charge on any atom is -0.383 e. The molecule has 2 aromatic rings. The monoisotopic (exact) mass is 332 g/mol. The Morgan fingerprint density at radius 3 is 2.75 bits per heavy atom. The molecule has 1 heterocycles. The van der Waals surface area contributed by atoms with Crippen molar-refractivity contribution in [3.8, 4) is 11.5 Å². The number of nitrogens with zero attached hydrogens (tertiary/aromatic N) is 2. The third-order valence-electron chi connectivity index (χ3n) is 3.43. The van der Waals surface area contributed by atoms with E-state index in [2.05, 4.69) is 20.8 Å². The molecule has 0 spiro atoms. The van der Waals surface area contributed by atoms with Gasteiger partial charge in [0.15, 0.2) is 5.82 Å². The first-order valence-corrected chi connectivity index (χ1v) is 8.04. The summed E-state index contributed by atoms with van der Waals surface area (Å²) < 4.78 is 10.3. The maximum absolute atomic E-state index is 12.4. The van der Waals surface area contributed by atoms with E-state index in [9.17, 15) is 4.79 Å². The van der Waals surface area contributed by atoms with Gasteiger partial charge in [0.25, 0.3) is 11.8 Å². The third kappa shape index (κ3) is 4.87. The summed E-state index contributed by atoms with van der Waals surface area (Å²) in [5.74, 6) is 0.996. The Bertz CT molecular complexity index is 655. The number of methoxy groups -OCH3 is 1. The molecule has 0 atom stereocenters. The highest BCUT2D eigenvalue weighted by Crippen LogP contribution is 2.23. The number of rotatable bonds is 9. The van der Waals surface area contributed by atoms with Crippen molar-refractivity contribution in [1.82, 2.24) is 20.8 Å². The topological polar surface area (TPSA) is 89.3 Å². The first-order valence-electron chi connectivity index (χ1n) is 8.04. The second kappa shape index (κ2) is 9.14. The van der Waals surface area contributed by atoms with Gasteiger partial charge in [-0.3, -0.25) is 4.79 Å². The molecule has 1 amide bonds. The fourth-order valence-corrected chi connectivity index (χ4v) is 2.11. The van der Waals surface area contributed by atoms with Gasteiger partial charge in [-0.2, -0.15) is 4.98 Å². The van der Waals surface area contributed by atoms with E-state index < -0.39 is 0 Å². The van der Waals surface area contributed by atoms with Gasteiger partial charge in [0.2, 0.25) is 0 Å². The molecule has 0 unspecified atom stereocenters. The zero-order valence-corrected chi connectivity index (χ0v) is 14.3. The van der Waals surface area contributed by atoms with Crippen LogP contribution in [0.4, 0.5) is 0 Å². The fourth-order valence-electron chi connectivity index (χ4n) is 2.11. The van der Waals surface area contributed by atoms with Crippen LogP contribution in [-0.4, -0.2) is 49.4 Å². The molecule has 0 aliphatic rings. The normalized spacial score (nSPS) is 11.0. The number of carbonyl (C=O) groups excluding carboxylic acids is 1. The van der Waals surface area contributed by atoms with Crippen molar-refractivity contribution >= 4 is 5.91 Å². The van der Waals surface area contributed by atoms with Crippen LogP contribution in [0, 0.1) is 0 Å². The van der Waals surface area contributed by atoms with Crippen LogP contribution in [0.2, 0.25) is 0 Å². The maximum atomic E-state index is 12.4. The van der Waals surface area contributed by atoms with E-state index in [0.29, 0.717) is 42.5 Å². The Labute approximate surface area is 141 Å². The van der Waals surface area contributed by atoms with Crippen molar-refractivity contribution < 1.29 is 14.1 Å². The standard InChI is InChI=1S/C17H24N4O3/c1-12(2)15-20-17(24-21-15)14-7-5-4-6-13(14)16(22)19-9-8-18-10-11-23-3/h4-7,12,18H,8-11H2,1-3H3,(H,19,22). The van der Waals surface area contributed by atoms with E-state index >= 15 is 0 Å². The number of benzene rings is 1. The van der Waals surface area contributed by atoms with Crippen LogP contribution >= 0.6 is 0 Å². The number of hydrogen-bond donors (Lipinski definition) is 2. The quantitative estimate of drug-likeness (QED) is 0.681. The lowest BCUT2D eigenvalue weighted by Crippen LogP contribution is -2.33. The number of carbonyl (C=O) groups is 1. The van der Waals surface area contributed by atoms with Crippen LogP contribution in [0.1, 0.15) is 35.9 Å². The van der Waals surface area contributed by atoms with Crippen molar-refractivity contribution in [2.45, 2.75) is 19.8 Å². The van der Waals surface area contributed by atoms with Gasteiger partial charge < -0.3 is 19.9 Å².